The Balaban J connectivity index is 4.85. The molecular weight excluding hydrogens is 880 g/mol. The molecule has 0 aliphatic rings. The van der Waals surface area contributed by atoms with Crippen LogP contribution in [0, 0.1) is 0 Å². The topological polar surface area (TPSA) is 155 Å². The molecule has 3 atom stereocenters. The van der Waals surface area contributed by atoms with E-state index in [-0.39, 0.29) is 25.9 Å². The molecule has 0 amide bonds. The number of hydrogen-bond acceptors (Lipinski definition) is 10. The van der Waals surface area contributed by atoms with E-state index in [1.165, 1.54) is 83.5 Å². The second-order valence-corrected chi connectivity index (χ2v) is 19.1. The molecule has 0 rings (SSSR count). The van der Waals surface area contributed by atoms with E-state index in [4.69, 9.17) is 23.3 Å². The lowest BCUT2D eigenvalue weighted by Crippen LogP contribution is -2.30. The van der Waals surface area contributed by atoms with Gasteiger partial charge in [-0.05, 0) is 64.2 Å². The summed E-state index contributed by atoms with van der Waals surface area (Å²) >= 11 is 0. The van der Waals surface area contributed by atoms with Gasteiger partial charge in [0.1, 0.15) is 12.7 Å². The van der Waals surface area contributed by atoms with Gasteiger partial charge in [0, 0.05) is 12.8 Å². The highest BCUT2D eigenvalue weighted by Crippen LogP contribution is 2.43. The first-order chi connectivity index (χ1) is 33.2. The molecule has 0 spiro atoms. The summed E-state index contributed by atoms with van der Waals surface area (Å²) < 4.78 is 39.2. The minimum Gasteiger partial charge on any atom is -0.462 e. The second kappa shape index (κ2) is 50.3. The molecule has 12 heteroatoms. The Morgan fingerprint density at radius 3 is 1.32 bits per heavy atom. The number of rotatable bonds is 49. The summed E-state index contributed by atoms with van der Waals surface area (Å²) in [7, 11) is -4.77. The Morgan fingerprint density at radius 1 is 0.441 bits per heavy atom. The largest absolute Gasteiger partial charge is 0.472 e. The van der Waals surface area contributed by atoms with Crippen molar-refractivity contribution in [2.75, 3.05) is 26.4 Å². The van der Waals surface area contributed by atoms with Gasteiger partial charge in [0.2, 0.25) is 0 Å². The van der Waals surface area contributed by atoms with Crippen molar-refractivity contribution in [2.45, 2.75) is 238 Å². The monoisotopic (exact) mass is 977 g/mol. The molecule has 0 saturated heterocycles. The number of unbranched alkanes of at least 4 members (excludes halogenated alkanes) is 21. The van der Waals surface area contributed by atoms with Crippen LogP contribution in [-0.2, 0) is 42.2 Å². The van der Waals surface area contributed by atoms with Crippen molar-refractivity contribution in [3.05, 3.63) is 72.9 Å². The predicted octanol–water partition coefficient (Wildman–Crippen LogP) is 15.4. The highest BCUT2D eigenvalue weighted by atomic mass is 31.2. The number of aliphatic hydroxyl groups excluding tert-OH is 1. The average molecular weight is 977 g/mol. The fourth-order valence-corrected chi connectivity index (χ4v) is 7.84. The van der Waals surface area contributed by atoms with Crippen LogP contribution in [-0.4, -0.2) is 66.5 Å². The van der Waals surface area contributed by atoms with Crippen LogP contribution in [0.2, 0.25) is 0 Å². The van der Waals surface area contributed by atoms with Crippen molar-refractivity contribution in [2.24, 2.45) is 0 Å². The number of ether oxygens (including phenoxy) is 3. The molecule has 2 N–H and O–H groups in total. The van der Waals surface area contributed by atoms with E-state index in [1.54, 1.807) is 6.08 Å². The number of phosphoric ester groups is 1. The zero-order valence-electron chi connectivity index (χ0n) is 43.1. The minimum absolute atomic E-state index is 0.0648. The Labute approximate surface area is 414 Å². The molecule has 0 aliphatic heterocycles. The van der Waals surface area contributed by atoms with Crippen LogP contribution in [0.4, 0.5) is 0 Å². The molecule has 0 aromatic carbocycles. The van der Waals surface area contributed by atoms with Gasteiger partial charge in [0.15, 0.2) is 6.10 Å². The zero-order chi connectivity index (χ0) is 49.9. The van der Waals surface area contributed by atoms with Crippen molar-refractivity contribution in [1.29, 1.82) is 0 Å². The number of carbonyl (C=O) groups excluding carboxylic acids is 3. The molecule has 0 radical (unpaired) electrons. The lowest BCUT2D eigenvalue weighted by atomic mass is 10.0. The number of carbonyl (C=O) groups is 3. The Bertz CT molecular complexity index is 1420. The van der Waals surface area contributed by atoms with Crippen molar-refractivity contribution in [3.63, 3.8) is 0 Å². The Hall–Kier alpha value is -3.08. The smallest absolute Gasteiger partial charge is 0.462 e. The third kappa shape index (κ3) is 48.0. The van der Waals surface area contributed by atoms with E-state index >= 15 is 0 Å². The SMILES string of the molecule is CC/C=C\C/C=C\C/C=C\C/C=C\C/C=C\CC(=O)OC(COC(=O)CCCCCCCCCCCCCCCCC)COP(=O)(O)OCC(CO)OC(=O)CCCCCCC/C=C\CCCC. The maximum atomic E-state index is 12.8. The summed E-state index contributed by atoms with van der Waals surface area (Å²) in [5, 5.41) is 9.76. The summed E-state index contributed by atoms with van der Waals surface area (Å²) in [6, 6.07) is 0. The molecule has 0 heterocycles. The first-order valence-corrected chi connectivity index (χ1v) is 28.3. The summed E-state index contributed by atoms with van der Waals surface area (Å²) in [6.07, 6.45) is 54.7. The van der Waals surface area contributed by atoms with Crippen molar-refractivity contribution >= 4 is 25.7 Å². The van der Waals surface area contributed by atoms with Crippen molar-refractivity contribution < 1.29 is 52.2 Å². The zero-order valence-corrected chi connectivity index (χ0v) is 43.9. The van der Waals surface area contributed by atoms with Gasteiger partial charge in [-0.3, -0.25) is 23.4 Å². The van der Waals surface area contributed by atoms with Gasteiger partial charge in [0.25, 0.3) is 0 Å². The number of hydrogen-bond donors (Lipinski definition) is 2. The molecule has 0 bridgehead atoms. The molecule has 68 heavy (non-hydrogen) atoms. The lowest BCUT2D eigenvalue weighted by Gasteiger charge is -2.21. The van der Waals surface area contributed by atoms with E-state index in [1.807, 2.05) is 18.2 Å². The van der Waals surface area contributed by atoms with Crippen LogP contribution >= 0.6 is 7.82 Å². The molecule has 0 fully saturated rings. The quantitative estimate of drug-likeness (QED) is 0.0197. The molecule has 11 nitrogen and oxygen atoms in total. The molecular formula is C56H97O11P. The van der Waals surface area contributed by atoms with Gasteiger partial charge in [-0.1, -0.05) is 216 Å². The third-order valence-corrected chi connectivity index (χ3v) is 12.1. The van der Waals surface area contributed by atoms with Gasteiger partial charge < -0.3 is 24.2 Å². The van der Waals surface area contributed by atoms with Crippen LogP contribution in [0.3, 0.4) is 0 Å². The molecule has 0 aromatic rings. The van der Waals surface area contributed by atoms with E-state index < -0.39 is 57.8 Å². The predicted molar refractivity (Wildman–Crippen MR) is 279 cm³/mol. The maximum Gasteiger partial charge on any atom is 0.472 e. The molecule has 0 aromatic heterocycles. The lowest BCUT2D eigenvalue weighted by molar-refractivity contribution is -0.160. The molecule has 0 saturated carbocycles. The van der Waals surface area contributed by atoms with E-state index in [9.17, 15) is 28.9 Å². The highest BCUT2D eigenvalue weighted by molar-refractivity contribution is 7.47. The Kier molecular flexibility index (Phi) is 48.0. The summed E-state index contributed by atoms with van der Waals surface area (Å²) in [5.74, 6) is -1.62. The fraction of sp³-hybridized carbons (Fsp3) is 0.732. The normalized spacial score (nSPS) is 14.0. The first kappa shape index (κ1) is 64.9. The highest BCUT2D eigenvalue weighted by Gasteiger charge is 2.28. The van der Waals surface area contributed by atoms with Crippen LogP contribution in [0.5, 0.6) is 0 Å². The standard InChI is InChI=1S/C56H97O11P/c1-4-7-10-13-16-19-22-24-26-28-31-33-36-39-42-45-54(58)63-49-53(67-56(60)47-44-41-38-35-32-29-27-25-23-20-17-14-11-8-5-2)51-65-68(61,62)64-50-52(48-57)66-55(59)46-43-40-37-34-30-21-18-15-12-9-6-3/h8,11,15,17-18,20,25,27,32,35,41,44,52-53,57H,4-7,9-10,12-14,16,19,21-24,26,28-31,33-34,36-40,42-43,45-51H2,1-3H3,(H,61,62)/b11-8-,18-15-,20-17-,27-25-,35-32-,44-41-. The van der Waals surface area contributed by atoms with Crippen molar-refractivity contribution in [1.82, 2.24) is 0 Å². The van der Waals surface area contributed by atoms with Gasteiger partial charge in [0.05, 0.1) is 26.2 Å². The number of aliphatic hydroxyl groups is 1. The molecule has 392 valence electrons. The molecule has 0 aliphatic carbocycles. The fourth-order valence-electron chi connectivity index (χ4n) is 7.06. The average Bonchev–Trinajstić information content (AvgIpc) is 3.32. The van der Waals surface area contributed by atoms with Gasteiger partial charge in [-0.15, -0.1) is 0 Å². The first-order valence-electron chi connectivity index (χ1n) is 26.8. The minimum atomic E-state index is -4.77. The van der Waals surface area contributed by atoms with E-state index in [2.05, 4.69) is 69.4 Å². The Morgan fingerprint density at radius 2 is 0.838 bits per heavy atom. The second-order valence-electron chi connectivity index (χ2n) is 17.7. The van der Waals surface area contributed by atoms with E-state index in [0.29, 0.717) is 19.3 Å². The molecule has 3 unspecified atom stereocenters. The summed E-state index contributed by atoms with van der Waals surface area (Å²) in [6.45, 7) is 4.37. The van der Waals surface area contributed by atoms with Crippen LogP contribution < -0.4 is 0 Å². The van der Waals surface area contributed by atoms with Crippen LogP contribution in [0.15, 0.2) is 72.9 Å². The summed E-state index contributed by atoms with van der Waals surface area (Å²) in [5.41, 5.74) is 0. The van der Waals surface area contributed by atoms with Gasteiger partial charge >= 0.3 is 25.7 Å². The van der Waals surface area contributed by atoms with Crippen LogP contribution in [0.25, 0.3) is 0 Å². The van der Waals surface area contributed by atoms with E-state index in [0.717, 1.165) is 83.5 Å². The number of phosphoric acid groups is 1. The third-order valence-electron chi connectivity index (χ3n) is 11.1. The van der Waals surface area contributed by atoms with Crippen molar-refractivity contribution in [3.8, 4) is 0 Å². The van der Waals surface area contributed by atoms with Gasteiger partial charge in [-0.2, -0.15) is 0 Å². The van der Waals surface area contributed by atoms with Crippen LogP contribution in [0.1, 0.15) is 226 Å². The number of allylic oxidation sites excluding steroid dienone is 11. The maximum absolute atomic E-state index is 12.8. The van der Waals surface area contributed by atoms with Gasteiger partial charge in [-0.25, -0.2) is 4.57 Å². The number of esters is 3. The summed E-state index contributed by atoms with van der Waals surface area (Å²) in [4.78, 5) is 48.3.